The Bertz CT molecular complexity index is 1340. The van der Waals surface area contributed by atoms with Crippen LogP contribution in [0.4, 0.5) is 0 Å². The van der Waals surface area contributed by atoms with Crippen molar-refractivity contribution in [2.75, 3.05) is 28.4 Å². The van der Waals surface area contributed by atoms with E-state index in [-0.39, 0.29) is 0 Å². The zero-order valence-corrected chi connectivity index (χ0v) is 22.5. The number of esters is 2. The number of nitrogens with one attached hydrogen (secondary N) is 1. The average Bonchev–Trinajstić information content (AvgIpc) is 3.43. The molecule has 2 aromatic carbocycles. The number of rotatable bonds is 7. The van der Waals surface area contributed by atoms with Gasteiger partial charge in [-0.05, 0) is 37.6 Å². The fourth-order valence-electron chi connectivity index (χ4n) is 5.00. The van der Waals surface area contributed by atoms with Gasteiger partial charge in [0.2, 0.25) is 0 Å². The van der Waals surface area contributed by atoms with Gasteiger partial charge in [0.25, 0.3) is 0 Å². The maximum atomic E-state index is 13.4. The maximum Gasteiger partial charge on any atom is 0.336 e. The summed E-state index contributed by atoms with van der Waals surface area (Å²) in [5, 5.41) is 6.04. The van der Waals surface area contributed by atoms with Crippen LogP contribution in [0.2, 0.25) is 0 Å². The van der Waals surface area contributed by atoms with Gasteiger partial charge in [0.15, 0.2) is 11.5 Å². The molecule has 1 aliphatic heterocycles. The van der Waals surface area contributed by atoms with Crippen molar-refractivity contribution in [2.24, 2.45) is 5.92 Å². The standard InChI is InChI=1S/C28H30N2O6S/c1-16-22(25(31)35-5)23(17-10-8-7-9-11-17)24(26(32)36-6)28(2,30-16)27-29-19(15-37-27)18-12-13-20(33-3)21(14-18)34-4/h7-15,23-24,30H,1-6H3. The van der Waals surface area contributed by atoms with Crippen LogP contribution < -0.4 is 14.8 Å². The van der Waals surface area contributed by atoms with E-state index in [2.05, 4.69) is 5.32 Å². The van der Waals surface area contributed by atoms with Gasteiger partial charge in [-0.3, -0.25) is 4.79 Å². The van der Waals surface area contributed by atoms with E-state index >= 15 is 0 Å². The molecule has 3 aromatic rings. The molecule has 1 aromatic heterocycles. The molecule has 0 saturated heterocycles. The Kier molecular flexibility index (Phi) is 7.54. The van der Waals surface area contributed by atoms with Gasteiger partial charge in [-0.15, -0.1) is 11.3 Å². The third kappa shape index (κ3) is 4.67. The van der Waals surface area contributed by atoms with Crippen molar-refractivity contribution in [1.29, 1.82) is 0 Å². The second-order valence-electron chi connectivity index (χ2n) is 8.85. The Morgan fingerprint density at radius 3 is 2.30 bits per heavy atom. The fourth-order valence-corrected chi connectivity index (χ4v) is 5.99. The molecule has 0 radical (unpaired) electrons. The first-order valence-corrected chi connectivity index (χ1v) is 12.5. The largest absolute Gasteiger partial charge is 0.493 e. The molecule has 0 fully saturated rings. The summed E-state index contributed by atoms with van der Waals surface area (Å²) in [5.74, 6) is -1.16. The summed E-state index contributed by atoms with van der Waals surface area (Å²) in [7, 11) is 5.86. The molecule has 8 nitrogen and oxygen atoms in total. The fraction of sp³-hybridized carbons (Fsp3) is 0.321. The summed E-state index contributed by atoms with van der Waals surface area (Å²) >= 11 is 1.43. The molecule has 194 valence electrons. The highest BCUT2D eigenvalue weighted by molar-refractivity contribution is 7.10. The summed E-state index contributed by atoms with van der Waals surface area (Å²) in [6.45, 7) is 3.73. The van der Waals surface area contributed by atoms with Gasteiger partial charge in [0, 0.05) is 22.6 Å². The van der Waals surface area contributed by atoms with Crippen LogP contribution in [0.15, 0.2) is 65.2 Å². The number of thiazole rings is 1. The van der Waals surface area contributed by atoms with Crippen molar-refractivity contribution in [3.63, 3.8) is 0 Å². The highest BCUT2D eigenvalue weighted by Crippen LogP contribution is 2.49. The first-order valence-electron chi connectivity index (χ1n) is 11.7. The van der Waals surface area contributed by atoms with Crippen LogP contribution in [0.3, 0.4) is 0 Å². The van der Waals surface area contributed by atoms with Crippen molar-refractivity contribution in [1.82, 2.24) is 10.3 Å². The minimum absolute atomic E-state index is 0.387. The molecule has 0 amide bonds. The highest BCUT2D eigenvalue weighted by Gasteiger charge is 2.54. The number of benzene rings is 2. The Labute approximate surface area is 220 Å². The van der Waals surface area contributed by atoms with Crippen LogP contribution >= 0.6 is 11.3 Å². The Morgan fingerprint density at radius 2 is 1.68 bits per heavy atom. The van der Waals surface area contributed by atoms with Crippen LogP contribution in [-0.4, -0.2) is 45.4 Å². The monoisotopic (exact) mass is 522 g/mol. The molecule has 0 aliphatic carbocycles. The molecular weight excluding hydrogens is 492 g/mol. The number of nitrogens with zero attached hydrogens (tertiary/aromatic N) is 1. The van der Waals surface area contributed by atoms with Crippen LogP contribution in [0.1, 0.15) is 30.3 Å². The van der Waals surface area contributed by atoms with E-state index in [1.807, 2.05) is 67.8 Å². The van der Waals surface area contributed by atoms with Crippen LogP contribution in [0.5, 0.6) is 11.5 Å². The van der Waals surface area contributed by atoms with Crippen molar-refractivity contribution in [3.05, 3.63) is 75.8 Å². The lowest BCUT2D eigenvalue weighted by Crippen LogP contribution is -2.55. The molecule has 9 heteroatoms. The SMILES string of the molecule is COC(=O)C1=C(C)NC(C)(c2nc(-c3ccc(OC)c(OC)c3)cs2)C(C(=O)OC)C1c1ccccc1. The van der Waals surface area contributed by atoms with Crippen molar-refractivity contribution in [2.45, 2.75) is 25.3 Å². The average molecular weight is 523 g/mol. The smallest absolute Gasteiger partial charge is 0.336 e. The van der Waals surface area contributed by atoms with E-state index in [1.54, 1.807) is 14.2 Å². The second kappa shape index (κ2) is 10.6. The molecule has 3 unspecified atom stereocenters. The van der Waals surface area contributed by atoms with Gasteiger partial charge in [-0.25, -0.2) is 9.78 Å². The predicted molar refractivity (Wildman–Crippen MR) is 141 cm³/mol. The normalized spacial score (nSPS) is 21.1. The molecule has 3 atom stereocenters. The Hall–Kier alpha value is -3.85. The molecule has 1 aliphatic rings. The number of hydrogen-bond acceptors (Lipinski definition) is 9. The van der Waals surface area contributed by atoms with Crippen LogP contribution in [-0.2, 0) is 24.6 Å². The zero-order chi connectivity index (χ0) is 26.7. The number of allylic oxidation sites excluding steroid dienone is 1. The third-order valence-corrected chi connectivity index (χ3v) is 7.84. The molecule has 4 rings (SSSR count). The number of methoxy groups -OCH3 is 4. The topological polar surface area (TPSA) is 96.0 Å². The number of hydrogen-bond donors (Lipinski definition) is 1. The van der Waals surface area contributed by atoms with E-state index in [9.17, 15) is 9.59 Å². The van der Waals surface area contributed by atoms with E-state index in [4.69, 9.17) is 23.9 Å². The third-order valence-electron chi connectivity index (χ3n) is 6.76. The van der Waals surface area contributed by atoms with E-state index in [0.29, 0.717) is 27.8 Å². The molecule has 1 N–H and O–H groups in total. The van der Waals surface area contributed by atoms with E-state index < -0.39 is 29.3 Å². The van der Waals surface area contributed by atoms with Gasteiger partial charge >= 0.3 is 11.9 Å². The zero-order valence-electron chi connectivity index (χ0n) is 21.7. The maximum absolute atomic E-state index is 13.4. The van der Waals surface area contributed by atoms with Crippen molar-refractivity contribution < 1.29 is 28.5 Å². The minimum atomic E-state index is -0.978. The lowest BCUT2D eigenvalue weighted by molar-refractivity contribution is -0.150. The second-order valence-corrected chi connectivity index (χ2v) is 9.71. The molecule has 0 spiro atoms. The van der Waals surface area contributed by atoms with Gasteiger partial charge in [-0.2, -0.15) is 0 Å². The minimum Gasteiger partial charge on any atom is -0.493 e. The summed E-state index contributed by atoms with van der Waals surface area (Å²) in [6, 6.07) is 15.0. The molecule has 0 bridgehead atoms. The van der Waals surface area contributed by atoms with Gasteiger partial charge in [-0.1, -0.05) is 30.3 Å². The van der Waals surface area contributed by atoms with Crippen molar-refractivity contribution in [3.8, 4) is 22.8 Å². The Morgan fingerprint density at radius 1 is 0.973 bits per heavy atom. The van der Waals surface area contributed by atoms with E-state index in [0.717, 1.165) is 16.8 Å². The lowest BCUT2D eigenvalue weighted by Gasteiger charge is -2.45. The van der Waals surface area contributed by atoms with Crippen LogP contribution in [0.25, 0.3) is 11.3 Å². The predicted octanol–water partition coefficient (Wildman–Crippen LogP) is 4.67. The number of ether oxygens (including phenoxy) is 4. The molecule has 2 heterocycles. The molecule has 37 heavy (non-hydrogen) atoms. The first-order chi connectivity index (χ1) is 17.8. The molecular formula is C28H30N2O6S. The van der Waals surface area contributed by atoms with E-state index in [1.165, 1.54) is 25.6 Å². The first kappa shape index (κ1) is 26.2. The molecule has 0 saturated carbocycles. The lowest BCUT2D eigenvalue weighted by atomic mass is 9.67. The van der Waals surface area contributed by atoms with Gasteiger partial charge in [0.1, 0.15) is 10.5 Å². The van der Waals surface area contributed by atoms with Gasteiger partial charge in [0.05, 0.1) is 45.6 Å². The summed E-state index contributed by atoms with van der Waals surface area (Å²) in [6.07, 6.45) is 0. The van der Waals surface area contributed by atoms with Crippen LogP contribution in [0, 0.1) is 5.92 Å². The van der Waals surface area contributed by atoms with Crippen molar-refractivity contribution >= 4 is 23.3 Å². The summed E-state index contributed by atoms with van der Waals surface area (Å²) < 4.78 is 21.2. The summed E-state index contributed by atoms with van der Waals surface area (Å²) in [5.41, 5.74) is 2.40. The van der Waals surface area contributed by atoms with Gasteiger partial charge < -0.3 is 24.3 Å². The summed E-state index contributed by atoms with van der Waals surface area (Å²) in [4.78, 5) is 31.3. The number of carbonyl (C=O) groups is 2. The highest BCUT2D eigenvalue weighted by atomic mass is 32.1. The Balaban J connectivity index is 1.87. The number of aromatic nitrogens is 1. The number of carbonyl (C=O) groups excluding carboxylic acids is 2. The quantitative estimate of drug-likeness (QED) is 0.448.